The van der Waals surface area contributed by atoms with Crippen molar-refractivity contribution in [2.75, 3.05) is 12.4 Å². The van der Waals surface area contributed by atoms with Gasteiger partial charge >= 0.3 is 0 Å². The Balaban J connectivity index is 1.79. The van der Waals surface area contributed by atoms with Gasteiger partial charge < -0.3 is 19.6 Å². The van der Waals surface area contributed by atoms with Gasteiger partial charge in [0.2, 0.25) is 0 Å². The number of furan rings is 1. The van der Waals surface area contributed by atoms with Crippen molar-refractivity contribution < 1.29 is 19.1 Å². The van der Waals surface area contributed by atoms with Gasteiger partial charge in [0, 0.05) is 10.6 Å². The summed E-state index contributed by atoms with van der Waals surface area (Å²) in [6, 6.07) is 13.3. The molecule has 0 aliphatic rings. The quantitative estimate of drug-likeness (QED) is 0.480. The van der Waals surface area contributed by atoms with E-state index in [4.69, 9.17) is 49.7 Å². The number of hydrogen-bond donors (Lipinski definition) is 3. The second kappa shape index (κ2) is 9.28. The van der Waals surface area contributed by atoms with Crippen LogP contribution in [0.25, 0.3) is 11.3 Å². The van der Waals surface area contributed by atoms with E-state index in [2.05, 4.69) is 10.6 Å². The SMILES string of the molecule is COc1ccc(-c2ccc(CO)o2)cc1NC(=S)NC(=O)c1cc(Cl)ccc1Cl. The lowest BCUT2D eigenvalue weighted by Crippen LogP contribution is -2.34. The first-order chi connectivity index (χ1) is 13.9. The molecule has 1 aromatic heterocycles. The highest BCUT2D eigenvalue weighted by Gasteiger charge is 2.15. The third kappa shape index (κ3) is 5.07. The molecule has 9 heteroatoms. The molecule has 0 atom stereocenters. The number of nitrogens with one attached hydrogen (secondary N) is 2. The van der Waals surface area contributed by atoms with Gasteiger partial charge in [0.1, 0.15) is 23.9 Å². The number of carbonyl (C=O) groups is 1. The van der Waals surface area contributed by atoms with Gasteiger partial charge in [-0.2, -0.15) is 0 Å². The van der Waals surface area contributed by atoms with E-state index in [1.54, 1.807) is 36.4 Å². The number of hydrogen-bond acceptors (Lipinski definition) is 5. The van der Waals surface area contributed by atoms with Crippen LogP contribution in [0.4, 0.5) is 5.69 Å². The van der Waals surface area contributed by atoms with E-state index in [9.17, 15) is 4.79 Å². The van der Waals surface area contributed by atoms with E-state index >= 15 is 0 Å². The normalized spacial score (nSPS) is 10.5. The monoisotopic (exact) mass is 450 g/mol. The number of anilines is 1. The number of rotatable bonds is 5. The molecule has 0 radical (unpaired) electrons. The zero-order valence-corrected chi connectivity index (χ0v) is 17.5. The van der Waals surface area contributed by atoms with Crippen molar-refractivity contribution in [3.63, 3.8) is 0 Å². The van der Waals surface area contributed by atoms with Crippen molar-refractivity contribution in [2.45, 2.75) is 6.61 Å². The van der Waals surface area contributed by atoms with Gasteiger partial charge in [-0.05, 0) is 60.7 Å². The number of methoxy groups -OCH3 is 1. The number of ether oxygens (including phenoxy) is 1. The van der Waals surface area contributed by atoms with Gasteiger partial charge in [-0.25, -0.2) is 0 Å². The van der Waals surface area contributed by atoms with Crippen LogP contribution in [-0.4, -0.2) is 23.2 Å². The molecule has 29 heavy (non-hydrogen) atoms. The summed E-state index contributed by atoms with van der Waals surface area (Å²) in [6.07, 6.45) is 0. The maximum atomic E-state index is 12.4. The molecule has 3 rings (SSSR count). The summed E-state index contributed by atoms with van der Waals surface area (Å²) in [6.45, 7) is -0.191. The van der Waals surface area contributed by atoms with Crippen molar-refractivity contribution in [3.05, 3.63) is 69.9 Å². The maximum Gasteiger partial charge on any atom is 0.258 e. The molecule has 0 saturated heterocycles. The van der Waals surface area contributed by atoms with Crippen LogP contribution >= 0.6 is 35.4 Å². The molecule has 0 aliphatic carbocycles. The zero-order chi connectivity index (χ0) is 21.0. The van der Waals surface area contributed by atoms with E-state index < -0.39 is 5.91 Å². The first kappa shape index (κ1) is 21.1. The Morgan fingerprint density at radius 2 is 1.97 bits per heavy atom. The number of benzene rings is 2. The fraction of sp³-hybridized carbons (Fsp3) is 0.100. The van der Waals surface area contributed by atoms with Crippen molar-refractivity contribution in [3.8, 4) is 17.1 Å². The van der Waals surface area contributed by atoms with Crippen molar-refractivity contribution >= 4 is 52.1 Å². The molecular formula is C20H16Cl2N2O4S. The van der Waals surface area contributed by atoms with Crippen molar-refractivity contribution in [2.24, 2.45) is 0 Å². The molecule has 3 aromatic rings. The van der Waals surface area contributed by atoms with Crippen molar-refractivity contribution in [1.29, 1.82) is 0 Å². The Kier molecular flexibility index (Phi) is 6.76. The number of aliphatic hydroxyl groups excluding tert-OH is 1. The minimum atomic E-state index is -0.497. The summed E-state index contributed by atoms with van der Waals surface area (Å²) in [5.41, 5.74) is 1.46. The van der Waals surface area contributed by atoms with E-state index in [0.29, 0.717) is 28.0 Å². The highest BCUT2D eigenvalue weighted by molar-refractivity contribution is 7.80. The Morgan fingerprint density at radius 1 is 1.17 bits per heavy atom. The Hall–Kier alpha value is -2.58. The number of aliphatic hydroxyl groups is 1. The zero-order valence-electron chi connectivity index (χ0n) is 15.2. The van der Waals surface area contributed by atoms with Gasteiger partial charge in [-0.15, -0.1) is 0 Å². The molecular weight excluding hydrogens is 435 g/mol. The smallest absolute Gasteiger partial charge is 0.258 e. The minimum Gasteiger partial charge on any atom is -0.495 e. The highest BCUT2D eigenvalue weighted by Crippen LogP contribution is 2.31. The number of amides is 1. The van der Waals surface area contributed by atoms with Gasteiger partial charge in [-0.3, -0.25) is 10.1 Å². The lowest BCUT2D eigenvalue weighted by Gasteiger charge is -2.14. The average Bonchev–Trinajstić information content (AvgIpc) is 3.19. The van der Waals surface area contributed by atoms with Crippen LogP contribution in [0.5, 0.6) is 5.75 Å². The molecule has 1 amide bonds. The first-order valence-corrected chi connectivity index (χ1v) is 9.53. The van der Waals surface area contributed by atoms with Gasteiger partial charge in [0.05, 0.1) is 23.4 Å². The average molecular weight is 451 g/mol. The largest absolute Gasteiger partial charge is 0.495 e. The number of thiocarbonyl (C=S) groups is 1. The van der Waals surface area contributed by atoms with E-state index in [0.717, 1.165) is 5.56 Å². The topological polar surface area (TPSA) is 83.7 Å². The van der Waals surface area contributed by atoms with E-state index in [1.807, 2.05) is 0 Å². The molecule has 1 heterocycles. The molecule has 0 bridgehead atoms. The Morgan fingerprint density at radius 3 is 2.66 bits per heavy atom. The van der Waals surface area contributed by atoms with E-state index in [-0.39, 0.29) is 22.3 Å². The lowest BCUT2D eigenvalue weighted by molar-refractivity contribution is 0.0978. The second-order valence-electron chi connectivity index (χ2n) is 5.87. The third-order valence-corrected chi connectivity index (χ3v) is 4.72. The van der Waals surface area contributed by atoms with Crippen LogP contribution in [0.3, 0.4) is 0 Å². The molecule has 3 N–H and O–H groups in total. The lowest BCUT2D eigenvalue weighted by atomic mass is 10.1. The fourth-order valence-corrected chi connectivity index (χ4v) is 3.15. The standard InChI is InChI=1S/C20H16Cl2N2O4S/c1-27-18-6-2-11(17-7-4-13(10-25)28-17)8-16(18)23-20(29)24-19(26)14-9-12(21)3-5-15(14)22/h2-9,25H,10H2,1H3,(H2,23,24,26,29). The Labute approximate surface area is 182 Å². The van der Waals surface area contributed by atoms with Crippen LogP contribution in [0.2, 0.25) is 10.0 Å². The first-order valence-electron chi connectivity index (χ1n) is 8.36. The van der Waals surface area contributed by atoms with Gasteiger partial charge in [0.15, 0.2) is 5.11 Å². The van der Waals surface area contributed by atoms with Crippen LogP contribution in [0.1, 0.15) is 16.1 Å². The predicted molar refractivity (Wildman–Crippen MR) is 117 cm³/mol. The van der Waals surface area contributed by atoms with Crippen LogP contribution in [0.15, 0.2) is 52.9 Å². The van der Waals surface area contributed by atoms with Crippen molar-refractivity contribution in [1.82, 2.24) is 5.32 Å². The Bertz CT molecular complexity index is 1070. The van der Waals surface area contributed by atoms with Crippen LogP contribution < -0.4 is 15.4 Å². The summed E-state index contributed by atoms with van der Waals surface area (Å²) in [4.78, 5) is 12.4. The van der Waals surface area contributed by atoms with Gasteiger partial charge in [-0.1, -0.05) is 23.2 Å². The molecule has 0 saturated carbocycles. The summed E-state index contributed by atoms with van der Waals surface area (Å²) in [5, 5.41) is 15.4. The predicted octanol–water partition coefficient (Wildman–Crippen LogP) is 4.88. The minimum absolute atomic E-state index is 0.0528. The van der Waals surface area contributed by atoms with Gasteiger partial charge in [0.25, 0.3) is 5.91 Å². The number of halogens is 2. The molecule has 2 aromatic carbocycles. The fourth-order valence-electron chi connectivity index (χ4n) is 2.57. The molecule has 0 aliphatic heterocycles. The molecule has 150 valence electrons. The van der Waals surface area contributed by atoms with Crippen LogP contribution in [0, 0.1) is 0 Å². The molecule has 6 nitrogen and oxygen atoms in total. The van der Waals surface area contributed by atoms with Crippen LogP contribution in [-0.2, 0) is 6.61 Å². The molecule has 0 unspecified atom stereocenters. The molecule has 0 spiro atoms. The number of carbonyl (C=O) groups excluding carboxylic acids is 1. The third-order valence-electron chi connectivity index (χ3n) is 3.95. The maximum absolute atomic E-state index is 12.4. The second-order valence-corrected chi connectivity index (χ2v) is 7.12. The summed E-state index contributed by atoms with van der Waals surface area (Å²) in [5.74, 6) is 1.04. The summed E-state index contributed by atoms with van der Waals surface area (Å²) in [7, 11) is 1.52. The molecule has 0 fully saturated rings. The summed E-state index contributed by atoms with van der Waals surface area (Å²) < 4.78 is 10.9. The van der Waals surface area contributed by atoms with E-state index in [1.165, 1.54) is 19.2 Å². The summed E-state index contributed by atoms with van der Waals surface area (Å²) >= 11 is 17.2. The highest BCUT2D eigenvalue weighted by atomic mass is 35.5.